The number of nitrogens with one attached hydrogen (secondary N) is 1. The van der Waals surface area contributed by atoms with E-state index < -0.39 is 0 Å². The lowest BCUT2D eigenvalue weighted by Crippen LogP contribution is -2.22. The molecule has 2 aromatic rings. The number of hydrogen-bond acceptors (Lipinski definition) is 3. The Bertz CT molecular complexity index is 643. The highest BCUT2D eigenvalue weighted by molar-refractivity contribution is 6.31. The van der Waals surface area contributed by atoms with Gasteiger partial charge in [0.15, 0.2) is 0 Å². The van der Waals surface area contributed by atoms with Crippen molar-refractivity contribution in [2.75, 3.05) is 7.11 Å². The maximum Gasteiger partial charge on any atom is 0.255 e. The Labute approximate surface area is 128 Å². The van der Waals surface area contributed by atoms with Gasteiger partial charge in [-0.25, -0.2) is 0 Å². The number of phenolic OH excluding ortho intramolecular Hbond substituents is 1. The fraction of sp³-hybridized carbons (Fsp3) is 0.188. The summed E-state index contributed by atoms with van der Waals surface area (Å²) < 4.78 is 5.07. The quantitative estimate of drug-likeness (QED) is 0.892. The van der Waals surface area contributed by atoms with Crippen LogP contribution >= 0.6 is 11.6 Å². The van der Waals surface area contributed by atoms with Gasteiger partial charge in [0.2, 0.25) is 0 Å². The van der Waals surface area contributed by atoms with Gasteiger partial charge in [0.05, 0.1) is 12.2 Å². The van der Waals surface area contributed by atoms with Gasteiger partial charge in [-0.05, 0) is 29.3 Å². The number of benzene rings is 2. The second kappa shape index (κ2) is 7.11. The molecule has 0 aliphatic heterocycles. The predicted octanol–water partition coefficient (Wildman–Crippen LogP) is 3.12. The summed E-state index contributed by atoms with van der Waals surface area (Å²) >= 11 is 5.83. The van der Waals surface area contributed by atoms with E-state index in [2.05, 4.69) is 5.32 Å². The first-order valence-electron chi connectivity index (χ1n) is 6.43. The topological polar surface area (TPSA) is 58.6 Å². The van der Waals surface area contributed by atoms with Gasteiger partial charge in [0.25, 0.3) is 5.91 Å². The zero-order valence-electron chi connectivity index (χ0n) is 11.6. The van der Waals surface area contributed by atoms with Crippen LogP contribution < -0.4 is 5.32 Å². The monoisotopic (exact) mass is 305 g/mol. The molecule has 5 heteroatoms. The maximum atomic E-state index is 12.0. The Kier molecular flexibility index (Phi) is 5.20. The zero-order chi connectivity index (χ0) is 15.2. The number of ether oxygens (including phenoxy) is 1. The minimum atomic E-state index is -0.368. The predicted molar refractivity (Wildman–Crippen MR) is 81.4 cm³/mol. The molecule has 2 aromatic carbocycles. The molecule has 0 aliphatic rings. The highest BCUT2D eigenvalue weighted by Gasteiger charge is 2.11. The van der Waals surface area contributed by atoms with Gasteiger partial charge in [-0.3, -0.25) is 4.79 Å². The molecule has 0 radical (unpaired) electrons. The Morgan fingerprint density at radius 3 is 2.76 bits per heavy atom. The Balaban J connectivity index is 2.04. The summed E-state index contributed by atoms with van der Waals surface area (Å²) in [4.78, 5) is 12.0. The number of phenols is 1. The number of carbonyl (C=O) groups excluding carboxylic acids is 1. The van der Waals surface area contributed by atoms with Crippen LogP contribution in [0, 0.1) is 0 Å². The third-order valence-corrected chi connectivity index (χ3v) is 3.19. The van der Waals surface area contributed by atoms with E-state index in [4.69, 9.17) is 16.3 Å². The van der Waals surface area contributed by atoms with Gasteiger partial charge in [-0.1, -0.05) is 35.9 Å². The number of methoxy groups -OCH3 is 1. The smallest absolute Gasteiger partial charge is 0.255 e. The van der Waals surface area contributed by atoms with Crippen molar-refractivity contribution in [2.24, 2.45) is 0 Å². The van der Waals surface area contributed by atoms with Crippen molar-refractivity contribution in [3.8, 4) is 5.75 Å². The second-order valence-electron chi connectivity index (χ2n) is 4.60. The van der Waals surface area contributed by atoms with Crippen LogP contribution in [0.2, 0.25) is 5.02 Å². The molecule has 0 saturated carbocycles. The summed E-state index contributed by atoms with van der Waals surface area (Å²) in [7, 11) is 1.64. The second-order valence-corrected chi connectivity index (χ2v) is 5.03. The van der Waals surface area contributed by atoms with Crippen molar-refractivity contribution in [1.29, 1.82) is 0 Å². The van der Waals surface area contributed by atoms with Crippen LogP contribution in [0.5, 0.6) is 5.75 Å². The van der Waals surface area contributed by atoms with E-state index in [0.717, 1.165) is 11.1 Å². The number of carbonyl (C=O) groups is 1. The van der Waals surface area contributed by atoms with Crippen molar-refractivity contribution in [3.63, 3.8) is 0 Å². The summed E-state index contributed by atoms with van der Waals surface area (Å²) in [6.07, 6.45) is 0. The van der Waals surface area contributed by atoms with Crippen molar-refractivity contribution in [1.82, 2.24) is 5.32 Å². The molecule has 0 fully saturated rings. The zero-order valence-corrected chi connectivity index (χ0v) is 12.4. The van der Waals surface area contributed by atoms with Crippen LogP contribution in [0.3, 0.4) is 0 Å². The number of rotatable bonds is 5. The summed E-state index contributed by atoms with van der Waals surface area (Å²) in [5, 5.41) is 12.8. The van der Waals surface area contributed by atoms with E-state index in [1.807, 2.05) is 24.3 Å². The summed E-state index contributed by atoms with van der Waals surface area (Å²) in [6.45, 7) is 0.888. The molecule has 1 amide bonds. The molecule has 0 spiro atoms. The molecule has 110 valence electrons. The lowest BCUT2D eigenvalue weighted by molar-refractivity contribution is 0.0948. The van der Waals surface area contributed by atoms with Crippen LogP contribution in [0.15, 0.2) is 42.5 Å². The van der Waals surface area contributed by atoms with Crippen LogP contribution in [-0.2, 0) is 17.9 Å². The molecule has 2 rings (SSSR count). The van der Waals surface area contributed by atoms with Gasteiger partial charge in [0.1, 0.15) is 5.75 Å². The third kappa shape index (κ3) is 4.21. The number of aromatic hydroxyl groups is 1. The van der Waals surface area contributed by atoms with Crippen LogP contribution in [-0.4, -0.2) is 18.1 Å². The summed E-state index contributed by atoms with van der Waals surface area (Å²) in [5.41, 5.74) is 2.16. The number of halogens is 1. The number of amides is 1. The van der Waals surface area contributed by atoms with Crippen LogP contribution in [0.1, 0.15) is 21.5 Å². The molecular formula is C16H16ClNO3. The van der Waals surface area contributed by atoms with E-state index in [-0.39, 0.29) is 17.2 Å². The summed E-state index contributed by atoms with van der Waals surface area (Å²) in [6, 6.07) is 12.1. The molecule has 21 heavy (non-hydrogen) atoms. The first kappa shape index (κ1) is 15.4. The van der Waals surface area contributed by atoms with Gasteiger partial charge in [0, 0.05) is 18.7 Å². The lowest BCUT2D eigenvalue weighted by Gasteiger charge is -2.08. The van der Waals surface area contributed by atoms with Gasteiger partial charge in [-0.2, -0.15) is 0 Å². The molecule has 0 bridgehead atoms. The standard InChI is InChI=1S/C16H16ClNO3/c1-21-10-12-4-2-3-11(7-12)9-18-16(20)14-8-13(17)5-6-15(14)19/h2-8,19H,9-10H2,1H3,(H,18,20). The van der Waals surface area contributed by atoms with Crippen molar-refractivity contribution >= 4 is 17.5 Å². The fourth-order valence-electron chi connectivity index (χ4n) is 1.96. The highest BCUT2D eigenvalue weighted by Crippen LogP contribution is 2.21. The first-order valence-corrected chi connectivity index (χ1v) is 6.81. The normalized spacial score (nSPS) is 10.4. The molecule has 0 saturated heterocycles. The molecule has 0 aromatic heterocycles. The number of hydrogen-bond donors (Lipinski definition) is 2. The average molecular weight is 306 g/mol. The van der Waals surface area contributed by atoms with E-state index >= 15 is 0 Å². The van der Waals surface area contributed by atoms with E-state index in [0.29, 0.717) is 18.2 Å². The summed E-state index contributed by atoms with van der Waals surface area (Å²) in [5.74, 6) is -0.461. The molecule has 0 atom stereocenters. The van der Waals surface area contributed by atoms with E-state index in [1.165, 1.54) is 18.2 Å². The largest absolute Gasteiger partial charge is 0.507 e. The minimum absolute atomic E-state index is 0.0926. The van der Waals surface area contributed by atoms with Gasteiger partial charge >= 0.3 is 0 Å². The van der Waals surface area contributed by atoms with E-state index in [1.54, 1.807) is 7.11 Å². The van der Waals surface area contributed by atoms with Crippen molar-refractivity contribution in [2.45, 2.75) is 13.2 Å². The Morgan fingerprint density at radius 1 is 1.24 bits per heavy atom. The molecular weight excluding hydrogens is 290 g/mol. The van der Waals surface area contributed by atoms with Crippen LogP contribution in [0.4, 0.5) is 0 Å². The average Bonchev–Trinajstić information content (AvgIpc) is 2.48. The van der Waals surface area contributed by atoms with Crippen molar-refractivity contribution in [3.05, 3.63) is 64.2 Å². The van der Waals surface area contributed by atoms with Gasteiger partial charge in [-0.15, -0.1) is 0 Å². The third-order valence-electron chi connectivity index (χ3n) is 2.96. The fourth-order valence-corrected chi connectivity index (χ4v) is 2.14. The lowest BCUT2D eigenvalue weighted by atomic mass is 10.1. The Morgan fingerprint density at radius 2 is 2.00 bits per heavy atom. The van der Waals surface area contributed by atoms with Crippen LogP contribution in [0.25, 0.3) is 0 Å². The van der Waals surface area contributed by atoms with E-state index in [9.17, 15) is 9.90 Å². The minimum Gasteiger partial charge on any atom is -0.507 e. The molecule has 0 aliphatic carbocycles. The van der Waals surface area contributed by atoms with Gasteiger partial charge < -0.3 is 15.2 Å². The molecule has 4 nitrogen and oxygen atoms in total. The SMILES string of the molecule is COCc1cccc(CNC(=O)c2cc(Cl)ccc2O)c1. The van der Waals surface area contributed by atoms with Crippen molar-refractivity contribution < 1.29 is 14.6 Å². The highest BCUT2D eigenvalue weighted by atomic mass is 35.5. The molecule has 0 heterocycles. The Hall–Kier alpha value is -2.04. The molecule has 2 N–H and O–H groups in total. The maximum absolute atomic E-state index is 12.0. The molecule has 0 unspecified atom stereocenters. The first-order chi connectivity index (χ1) is 10.1.